The molecule has 5 rings (SSSR count). The van der Waals surface area contributed by atoms with Gasteiger partial charge in [-0.15, -0.1) is 0 Å². The summed E-state index contributed by atoms with van der Waals surface area (Å²) in [5.74, 6) is -0.0519. The number of benzene rings is 5. The van der Waals surface area contributed by atoms with Gasteiger partial charge >= 0.3 is 15.2 Å². The van der Waals surface area contributed by atoms with Crippen molar-refractivity contribution in [1.29, 1.82) is 5.39 Å². The van der Waals surface area contributed by atoms with E-state index >= 15 is 0 Å². The van der Waals surface area contributed by atoms with Crippen molar-refractivity contribution in [3.05, 3.63) is 149 Å². The third-order valence-corrected chi connectivity index (χ3v) is 8.53. The normalized spacial score (nSPS) is 12.6. The van der Waals surface area contributed by atoms with Crippen LogP contribution in [0.4, 0.5) is 0 Å². The summed E-state index contributed by atoms with van der Waals surface area (Å²) in [6.45, 7) is 1.91. The largest absolute Gasteiger partial charge is 0.508 e. The number of nitrogens with zero attached hydrogens (tertiary/aromatic N) is 6. The third kappa shape index (κ3) is 5.08. The summed E-state index contributed by atoms with van der Waals surface area (Å²) in [5, 5.41) is 39.2. The van der Waals surface area contributed by atoms with Gasteiger partial charge in [0.15, 0.2) is 10.00 Å². The van der Waals surface area contributed by atoms with Crippen LogP contribution in [-0.2, 0) is 15.5 Å². The van der Waals surface area contributed by atoms with Gasteiger partial charge in [0.25, 0.3) is 10.8 Å². The van der Waals surface area contributed by atoms with Crippen LogP contribution in [0.1, 0.15) is 23.6 Å². The van der Waals surface area contributed by atoms with Gasteiger partial charge in [-0.05, 0) is 65.4 Å². The van der Waals surface area contributed by atoms with Gasteiger partial charge in [-0.25, -0.2) is 0 Å². The van der Waals surface area contributed by atoms with Crippen molar-refractivity contribution in [2.45, 2.75) is 17.2 Å². The Bertz CT molecular complexity index is 2210. The van der Waals surface area contributed by atoms with E-state index in [-0.39, 0.29) is 28.2 Å². The first kappa shape index (κ1) is 29.4. The summed E-state index contributed by atoms with van der Waals surface area (Å²) in [5.41, 5.74) is 7.10. The van der Waals surface area contributed by atoms with E-state index in [1.807, 2.05) is 6.92 Å². The molecule has 44 heavy (non-hydrogen) atoms. The molecule has 0 heterocycles. The van der Waals surface area contributed by atoms with Crippen LogP contribution in [0.2, 0.25) is 0 Å². The molecule has 0 amide bonds. The van der Waals surface area contributed by atoms with E-state index in [1.165, 1.54) is 54.6 Å². The number of phenols is 2. The molecular weight excluding hydrogens is 588 g/mol. The number of hydrogen-bond donors (Lipinski definition) is 2. The van der Waals surface area contributed by atoms with Crippen LogP contribution in [0.25, 0.3) is 21.7 Å². The molecule has 0 bridgehead atoms. The van der Waals surface area contributed by atoms with Crippen LogP contribution >= 0.6 is 0 Å². The van der Waals surface area contributed by atoms with E-state index in [1.54, 1.807) is 36.4 Å². The van der Waals surface area contributed by atoms with Crippen molar-refractivity contribution in [3.8, 4) is 28.4 Å². The molecular formula is C30H20N6O7S. The van der Waals surface area contributed by atoms with Gasteiger partial charge in [0.05, 0.1) is 0 Å². The van der Waals surface area contributed by atoms with E-state index in [4.69, 9.17) is 15.1 Å². The quantitative estimate of drug-likeness (QED) is 0.0697. The molecule has 0 fully saturated rings. The average molecular weight is 609 g/mol. The lowest BCUT2D eigenvalue weighted by molar-refractivity contribution is 0.474. The Balaban J connectivity index is 1.66. The summed E-state index contributed by atoms with van der Waals surface area (Å²) < 4.78 is 32.8. The molecule has 13 nitrogen and oxygen atoms in total. The average Bonchev–Trinajstić information content (AvgIpc) is 3.00. The highest BCUT2D eigenvalue weighted by Crippen LogP contribution is 2.40. The number of aromatic hydroxyl groups is 2. The van der Waals surface area contributed by atoms with Gasteiger partial charge in [-0.1, -0.05) is 54.6 Å². The van der Waals surface area contributed by atoms with Crippen molar-refractivity contribution >= 4 is 10.1 Å². The van der Waals surface area contributed by atoms with Crippen molar-refractivity contribution < 1.29 is 22.8 Å². The molecule has 3 aromatic carbocycles. The number of diazo groups is 1. The zero-order valence-electron chi connectivity index (χ0n) is 22.7. The van der Waals surface area contributed by atoms with Crippen LogP contribution in [0, 0.1) is 5.39 Å². The van der Waals surface area contributed by atoms with Crippen molar-refractivity contribution in [2.75, 3.05) is 0 Å². The van der Waals surface area contributed by atoms with Gasteiger partial charge in [-0.2, -0.15) is 8.42 Å². The summed E-state index contributed by atoms with van der Waals surface area (Å²) in [6, 6.07) is 22.8. The molecule has 0 saturated heterocycles. The number of rotatable bonds is 7. The third-order valence-electron chi connectivity index (χ3n) is 7.22. The summed E-state index contributed by atoms with van der Waals surface area (Å²) >= 11 is 0. The first-order valence-electron chi connectivity index (χ1n) is 12.7. The fourth-order valence-electron chi connectivity index (χ4n) is 5.03. The SMILES string of the molecule is CC(c1ccc(O)cc1)(c1ccc(O)cc1)c1ccc(OS(=O)(=O)c2c3c(=NN=[N-])cccc-3c(=O)c(=O)c2=N[N+]#N)cc1. The second-order valence-electron chi connectivity index (χ2n) is 9.70. The van der Waals surface area contributed by atoms with Crippen LogP contribution in [0.15, 0.2) is 121 Å². The predicted octanol–water partition coefficient (Wildman–Crippen LogP) is 3.43. The second kappa shape index (κ2) is 11.3. The second-order valence-corrected chi connectivity index (χ2v) is 11.2. The van der Waals surface area contributed by atoms with Gasteiger partial charge in [0.1, 0.15) is 17.2 Å². The molecule has 0 unspecified atom stereocenters. The Morgan fingerprint density at radius 3 is 1.84 bits per heavy atom. The minimum atomic E-state index is -4.98. The Hall–Kier alpha value is -6.07. The fraction of sp³-hybridized carbons (Fsp3) is 0.0667. The first-order valence-corrected chi connectivity index (χ1v) is 14.1. The Morgan fingerprint density at radius 2 is 1.34 bits per heavy atom. The van der Waals surface area contributed by atoms with E-state index in [0.717, 1.165) is 11.1 Å². The molecule has 0 spiro atoms. The number of hydrogen-bond acceptors (Lipinski definition) is 10. The maximum atomic E-state index is 13.7. The highest BCUT2D eigenvalue weighted by atomic mass is 32.2. The van der Waals surface area contributed by atoms with Crippen molar-refractivity contribution in [2.24, 2.45) is 15.4 Å². The predicted molar refractivity (Wildman–Crippen MR) is 156 cm³/mol. The maximum absolute atomic E-state index is 13.7. The molecule has 2 aliphatic rings. The zero-order valence-corrected chi connectivity index (χ0v) is 23.5. The Labute approximate surface area is 248 Å². The molecule has 0 atom stereocenters. The topological polar surface area (TPSA) is 205 Å². The lowest BCUT2D eigenvalue weighted by Gasteiger charge is -2.32. The van der Waals surface area contributed by atoms with Crippen LogP contribution < -0.4 is 25.8 Å². The lowest BCUT2D eigenvalue weighted by Crippen LogP contribution is -2.45. The van der Waals surface area contributed by atoms with Crippen LogP contribution in [0.5, 0.6) is 17.2 Å². The summed E-state index contributed by atoms with van der Waals surface area (Å²) in [7, 11) is -4.98. The van der Waals surface area contributed by atoms with Crippen LogP contribution in [-0.4, -0.2) is 18.6 Å². The zero-order chi connectivity index (χ0) is 31.6. The summed E-state index contributed by atoms with van der Waals surface area (Å²) in [4.78, 5) is 24.6. The number of phenolic OH excluding ortho intramolecular Hbond substituents is 2. The lowest BCUT2D eigenvalue weighted by atomic mass is 9.71. The fourth-order valence-corrected chi connectivity index (χ4v) is 6.31. The smallest absolute Gasteiger partial charge is 0.342 e. The van der Waals surface area contributed by atoms with E-state index in [2.05, 4.69) is 20.5 Å². The van der Waals surface area contributed by atoms with Gasteiger partial charge in [0, 0.05) is 16.5 Å². The highest BCUT2D eigenvalue weighted by molar-refractivity contribution is 7.87. The highest BCUT2D eigenvalue weighted by Gasteiger charge is 2.33. The Morgan fingerprint density at radius 1 is 0.818 bits per heavy atom. The van der Waals surface area contributed by atoms with E-state index in [9.17, 15) is 28.2 Å². The molecule has 0 aliphatic heterocycles. The van der Waals surface area contributed by atoms with E-state index < -0.39 is 42.2 Å². The molecule has 218 valence electrons. The maximum Gasteiger partial charge on any atom is 0.342 e. The van der Waals surface area contributed by atoms with Crippen LogP contribution in [0.3, 0.4) is 0 Å². The van der Waals surface area contributed by atoms with Gasteiger partial charge in [-0.3, -0.25) is 14.8 Å². The molecule has 2 aliphatic carbocycles. The van der Waals surface area contributed by atoms with Gasteiger partial charge < -0.3 is 25.0 Å². The standard InChI is InChI=1S/C30H20N6O7S/c1-30(17-5-11-20(37)12-6-17,18-7-13-21(38)14-8-18)19-9-15-22(16-10-19)43-44(41,42)29-25-23(3-2-4-24(25)33-35-31)27(39)28(40)26(29)34-36-32/h2-16,37-38H,1H3. The van der Waals surface area contributed by atoms with Crippen molar-refractivity contribution in [1.82, 2.24) is 0 Å². The Kier molecular flexibility index (Phi) is 7.56. The van der Waals surface area contributed by atoms with E-state index in [0.29, 0.717) is 5.56 Å². The number of fused-ring (bicyclic) bond motifs is 1. The minimum absolute atomic E-state index is 0.0678. The molecule has 14 heteroatoms. The molecule has 0 aromatic heterocycles. The molecule has 0 radical (unpaired) electrons. The molecule has 3 aromatic rings. The molecule has 2 N–H and O–H groups in total. The first-order chi connectivity index (χ1) is 21.0. The van der Waals surface area contributed by atoms with Gasteiger partial charge in [0.2, 0.25) is 10.8 Å². The monoisotopic (exact) mass is 608 g/mol. The van der Waals surface area contributed by atoms with Crippen molar-refractivity contribution in [3.63, 3.8) is 0 Å². The summed E-state index contributed by atoms with van der Waals surface area (Å²) in [6.07, 6.45) is 0. The molecule has 0 saturated carbocycles. The minimum Gasteiger partial charge on any atom is -0.508 e.